The molecule has 108 valence electrons. The van der Waals surface area contributed by atoms with Gasteiger partial charge in [0.25, 0.3) is 0 Å². The molecule has 1 unspecified atom stereocenters. The number of hydrogen-bond donors (Lipinski definition) is 1. The highest BCUT2D eigenvalue weighted by atomic mass is 79.9. The molecule has 4 heteroatoms. The van der Waals surface area contributed by atoms with Crippen molar-refractivity contribution in [2.45, 2.75) is 33.2 Å². The second-order valence-electron chi connectivity index (χ2n) is 5.23. The van der Waals surface area contributed by atoms with Gasteiger partial charge in [-0.1, -0.05) is 25.1 Å². The lowest BCUT2D eigenvalue weighted by molar-refractivity contribution is 0.551. The first kappa shape index (κ1) is 15.3. The number of nitrogens with zero attached hydrogens (tertiary/aromatic N) is 2. The molecule has 1 heterocycles. The van der Waals surface area contributed by atoms with Crippen molar-refractivity contribution in [1.82, 2.24) is 15.1 Å². The number of hydrogen-bond acceptors (Lipinski definition) is 2. The minimum atomic E-state index is 0.163. The number of rotatable bonds is 5. The molecule has 1 N–H and O–H groups in total. The molecule has 0 saturated carbocycles. The van der Waals surface area contributed by atoms with Gasteiger partial charge >= 0.3 is 0 Å². The van der Waals surface area contributed by atoms with Crippen LogP contribution in [0.4, 0.5) is 0 Å². The van der Waals surface area contributed by atoms with Gasteiger partial charge < -0.3 is 5.32 Å². The van der Waals surface area contributed by atoms with Crippen molar-refractivity contribution in [1.29, 1.82) is 0 Å². The van der Waals surface area contributed by atoms with Crippen molar-refractivity contribution in [2.24, 2.45) is 7.05 Å². The maximum Gasteiger partial charge on any atom is 0.0759 e. The van der Waals surface area contributed by atoms with E-state index in [0.717, 1.165) is 17.4 Å². The van der Waals surface area contributed by atoms with Crippen LogP contribution in [0.2, 0.25) is 0 Å². The Labute approximate surface area is 129 Å². The Morgan fingerprint density at radius 1 is 1.30 bits per heavy atom. The zero-order chi connectivity index (χ0) is 14.7. The number of halogens is 1. The minimum Gasteiger partial charge on any atom is -0.305 e. The lowest BCUT2D eigenvalue weighted by Crippen LogP contribution is -2.25. The van der Waals surface area contributed by atoms with E-state index in [2.05, 4.69) is 65.3 Å². The van der Waals surface area contributed by atoms with Crippen LogP contribution in [0.25, 0.3) is 0 Å². The van der Waals surface area contributed by atoms with Gasteiger partial charge in [-0.15, -0.1) is 0 Å². The lowest BCUT2D eigenvalue weighted by atomic mass is 9.98. The Hall–Kier alpha value is -1.13. The van der Waals surface area contributed by atoms with Crippen molar-refractivity contribution < 1.29 is 0 Å². The molecule has 0 amide bonds. The van der Waals surface area contributed by atoms with Gasteiger partial charge in [0, 0.05) is 7.05 Å². The summed E-state index contributed by atoms with van der Waals surface area (Å²) in [6.07, 6.45) is 2.97. The van der Waals surface area contributed by atoms with Gasteiger partial charge in [-0.05, 0) is 59.4 Å². The van der Waals surface area contributed by atoms with Crippen LogP contribution in [-0.4, -0.2) is 16.3 Å². The summed E-state index contributed by atoms with van der Waals surface area (Å²) in [5.41, 5.74) is 5.10. The number of benzene rings is 1. The first-order valence-corrected chi connectivity index (χ1v) is 7.81. The third kappa shape index (κ3) is 3.13. The predicted octanol–water partition coefficient (Wildman–Crippen LogP) is 3.89. The SMILES string of the molecule is CCCNC(c1ccc(C)c(C)c1)c1c(Br)cnn1C. The predicted molar refractivity (Wildman–Crippen MR) is 87.0 cm³/mol. The molecular weight excluding hydrogens is 314 g/mol. The van der Waals surface area contributed by atoms with Crippen LogP contribution in [0.3, 0.4) is 0 Å². The monoisotopic (exact) mass is 335 g/mol. The van der Waals surface area contributed by atoms with E-state index in [-0.39, 0.29) is 6.04 Å². The normalized spacial score (nSPS) is 12.7. The largest absolute Gasteiger partial charge is 0.305 e. The van der Waals surface area contributed by atoms with Gasteiger partial charge in [-0.3, -0.25) is 4.68 Å². The fourth-order valence-electron chi connectivity index (χ4n) is 2.35. The van der Waals surface area contributed by atoms with Crippen LogP contribution < -0.4 is 5.32 Å². The Morgan fingerprint density at radius 3 is 2.60 bits per heavy atom. The van der Waals surface area contributed by atoms with E-state index in [1.54, 1.807) is 0 Å². The van der Waals surface area contributed by atoms with E-state index < -0.39 is 0 Å². The average molecular weight is 336 g/mol. The second kappa shape index (κ2) is 6.55. The number of nitrogens with one attached hydrogen (secondary N) is 1. The number of aromatic nitrogens is 2. The molecule has 1 atom stereocenters. The summed E-state index contributed by atoms with van der Waals surface area (Å²) in [6, 6.07) is 6.82. The fraction of sp³-hybridized carbons (Fsp3) is 0.438. The summed E-state index contributed by atoms with van der Waals surface area (Å²) in [7, 11) is 1.99. The third-order valence-electron chi connectivity index (χ3n) is 3.67. The second-order valence-corrected chi connectivity index (χ2v) is 6.09. The van der Waals surface area contributed by atoms with E-state index >= 15 is 0 Å². The van der Waals surface area contributed by atoms with Gasteiger partial charge in [-0.2, -0.15) is 5.10 Å². The van der Waals surface area contributed by atoms with Gasteiger partial charge in [-0.25, -0.2) is 0 Å². The van der Waals surface area contributed by atoms with Gasteiger partial charge in [0.1, 0.15) is 0 Å². The molecule has 20 heavy (non-hydrogen) atoms. The Bertz CT molecular complexity index is 570. The molecule has 0 aliphatic rings. The molecule has 2 aromatic rings. The van der Waals surface area contributed by atoms with Gasteiger partial charge in [0.15, 0.2) is 0 Å². The van der Waals surface area contributed by atoms with Crippen molar-refractivity contribution in [2.75, 3.05) is 6.54 Å². The standard InChI is InChI=1S/C16H22BrN3/c1-5-8-18-15(16-14(17)10-19-20(16)4)13-7-6-11(2)12(3)9-13/h6-7,9-10,15,18H,5,8H2,1-4H3. The Kier molecular flexibility index (Phi) is 5.00. The highest BCUT2D eigenvalue weighted by molar-refractivity contribution is 9.10. The van der Waals surface area contributed by atoms with E-state index in [1.165, 1.54) is 22.4 Å². The molecule has 0 radical (unpaired) electrons. The zero-order valence-electron chi connectivity index (χ0n) is 12.6. The molecule has 0 bridgehead atoms. The van der Waals surface area contributed by atoms with E-state index in [0.29, 0.717) is 0 Å². The van der Waals surface area contributed by atoms with Crippen LogP contribution in [0.5, 0.6) is 0 Å². The third-order valence-corrected chi connectivity index (χ3v) is 4.28. The highest BCUT2D eigenvalue weighted by Crippen LogP contribution is 2.29. The molecule has 3 nitrogen and oxygen atoms in total. The highest BCUT2D eigenvalue weighted by Gasteiger charge is 2.20. The Balaban J connectivity index is 2.44. The summed E-state index contributed by atoms with van der Waals surface area (Å²) in [4.78, 5) is 0. The minimum absolute atomic E-state index is 0.163. The molecular formula is C16H22BrN3. The summed E-state index contributed by atoms with van der Waals surface area (Å²) >= 11 is 3.62. The Morgan fingerprint density at radius 2 is 2.05 bits per heavy atom. The average Bonchev–Trinajstić information content (AvgIpc) is 2.75. The van der Waals surface area contributed by atoms with Crippen molar-refractivity contribution in [3.8, 4) is 0 Å². The van der Waals surface area contributed by atoms with Crippen molar-refractivity contribution in [3.63, 3.8) is 0 Å². The summed E-state index contributed by atoms with van der Waals surface area (Å²) in [5, 5.41) is 7.97. The van der Waals surface area contributed by atoms with Crippen LogP contribution in [0.15, 0.2) is 28.9 Å². The van der Waals surface area contributed by atoms with Crippen LogP contribution in [0, 0.1) is 13.8 Å². The topological polar surface area (TPSA) is 29.9 Å². The number of aryl methyl sites for hydroxylation is 3. The lowest BCUT2D eigenvalue weighted by Gasteiger charge is -2.21. The molecule has 0 aliphatic heterocycles. The summed E-state index contributed by atoms with van der Waals surface area (Å²) in [5.74, 6) is 0. The van der Waals surface area contributed by atoms with Crippen molar-refractivity contribution >= 4 is 15.9 Å². The molecule has 0 aliphatic carbocycles. The summed E-state index contributed by atoms with van der Waals surface area (Å²) in [6.45, 7) is 7.47. The van der Waals surface area contributed by atoms with E-state index in [9.17, 15) is 0 Å². The summed E-state index contributed by atoms with van der Waals surface area (Å²) < 4.78 is 2.99. The smallest absolute Gasteiger partial charge is 0.0759 e. The molecule has 1 aromatic carbocycles. The van der Waals surface area contributed by atoms with Gasteiger partial charge in [0.2, 0.25) is 0 Å². The molecule has 0 saturated heterocycles. The molecule has 0 spiro atoms. The van der Waals surface area contributed by atoms with E-state index in [1.807, 2.05) is 17.9 Å². The fourth-order valence-corrected chi connectivity index (χ4v) is 2.93. The van der Waals surface area contributed by atoms with Crippen LogP contribution >= 0.6 is 15.9 Å². The zero-order valence-corrected chi connectivity index (χ0v) is 14.2. The maximum atomic E-state index is 4.34. The van der Waals surface area contributed by atoms with E-state index in [4.69, 9.17) is 0 Å². The first-order valence-electron chi connectivity index (χ1n) is 7.02. The van der Waals surface area contributed by atoms with Gasteiger partial charge in [0.05, 0.1) is 22.4 Å². The molecule has 2 rings (SSSR count). The molecule has 1 aromatic heterocycles. The quantitative estimate of drug-likeness (QED) is 0.898. The van der Waals surface area contributed by atoms with Crippen molar-refractivity contribution in [3.05, 3.63) is 51.3 Å². The maximum absolute atomic E-state index is 4.34. The van der Waals surface area contributed by atoms with Crippen LogP contribution in [0.1, 0.15) is 41.8 Å². The van der Waals surface area contributed by atoms with Crippen LogP contribution in [-0.2, 0) is 7.05 Å². The molecule has 0 fully saturated rings. The first-order chi connectivity index (χ1) is 9.54.